The number of hydrogen-bond donors (Lipinski definition) is 2. The van der Waals surface area contributed by atoms with E-state index in [-0.39, 0.29) is 17.9 Å². The first kappa shape index (κ1) is 20.3. The number of urea groups is 1. The molecule has 2 aromatic rings. The van der Waals surface area contributed by atoms with Gasteiger partial charge >= 0.3 is 6.03 Å². The number of carbonyl (C=O) groups excluding carboxylic acids is 2. The number of hydrogen-bond acceptors (Lipinski definition) is 4. The molecule has 1 aliphatic carbocycles. The van der Waals surface area contributed by atoms with Crippen LogP contribution in [0.3, 0.4) is 0 Å². The monoisotopic (exact) mass is 424 g/mol. The minimum absolute atomic E-state index is 0.0162. The third-order valence-electron chi connectivity index (χ3n) is 7.24. The van der Waals surface area contributed by atoms with Crippen LogP contribution in [0.4, 0.5) is 4.79 Å². The molecular formula is C23H32N6O2. The van der Waals surface area contributed by atoms with Gasteiger partial charge in [-0.05, 0) is 44.6 Å². The van der Waals surface area contributed by atoms with Crippen molar-refractivity contribution in [2.45, 2.75) is 63.3 Å². The number of nitrogens with zero attached hydrogens (tertiary/aromatic N) is 4. The van der Waals surface area contributed by atoms with Crippen LogP contribution in [0.5, 0.6) is 0 Å². The number of aromatic nitrogens is 3. The van der Waals surface area contributed by atoms with Gasteiger partial charge in [0.25, 0.3) is 0 Å². The Balaban J connectivity index is 1.14. The molecule has 1 saturated carbocycles. The van der Waals surface area contributed by atoms with Gasteiger partial charge < -0.3 is 20.1 Å². The lowest BCUT2D eigenvalue weighted by Gasteiger charge is -2.37. The van der Waals surface area contributed by atoms with Crippen LogP contribution in [0.1, 0.15) is 63.1 Å². The Morgan fingerprint density at radius 3 is 2.58 bits per heavy atom. The summed E-state index contributed by atoms with van der Waals surface area (Å²) in [6, 6.07) is 2.25. The fourth-order valence-electron chi connectivity index (χ4n) is 5.40. The lowest BCUT2D eigenvalue weighted by Crippen LogP contribution is -2.52. The summed E-state index contributed by atoms with van der Waals surface area (Å²) in [7, 11) is 0. The van der Waals surface area contributed by atoms with Crippen LogP contribution in [-0.2, 0) is 4.79 Å². The van der Waals surface area contributed by atoms with E-state index in [0.29, 0.717) is 18.5 Å². The molecule has 166 valence electrons. The van der Waals surface area contributed by atoms with E-state index in [1.807, 2.05) is 22.1 Å². The molecule has 2 saturated heterocycles. The van der Waals surface area contributed by atoms with Crippen LogP contribution in [0, 0.1) is 5.92 Å². The summed E-state index contributed by atoms with van der Waals surface area (Å²) < 4.78 is 0. The highest BCUT2D eigenvalue weighted by Crippen LogP contribution is 2.29. The molecule has 2 aromatic heterocycles. The Labute approximate surface area is 182 Å². The van der Waals surface area contributed by atoms with Gasteiger partial charge in [-0.25, -0.2) is 9.78 Å². The second-order valence-corrected chi connectivity index (χ2v) is 9.33. The summed E-state index contributed by atoms with van der Waals surface area (Å²) in [4.78, 5) is 42.0. The first-order chi connectivity index (χ1) is 15.2. The maximum atomic E-state index is 13.2. The van der Waals surface area contributed by atoms with E-state index >= 15 is 0 Å². The number of amides is 3. The number of fused-ring (bicyclic) bond motifs is 1. The summed E-state index contributed by atoms with van der Waals surface area (Å²) >= 11 is 0. The lowest BCUT2D eigenvalue weighted by atomic mass is 9.92. The summed E-state index contributed by atoms with van der Waals surface area (Å²) in [5.74, 6) is 1.49. The number of likely N-dealkylation sites (tertiary alicyclic amines) is 2. The molecule has 8 heteroatoms. The van der Waals surface area contributed by atoms with Gasteiger partial charge in [0, 0.05) is 44.3 Å². The van der Waals surface area contributed by atoms with E-state index in [9.17, 15) is 9.59 Å². The van der Waals surface area contributed by atoms with Gasteiger partial charge in [-0.3, -0.25) is 9.78 Å². The number of piperidine rings is 2. The molecule has 8 nitrogen and oxygen atoms in total. The van der Waals surface area contributed by atoms with Crippen molar-refractivity contribution in [2.24, 2.45) is 5.92 Å². The van der Waals surface area contributed by atoms with Crippen LogP contribution in [-0.4, -0.2) is 68.9 Å². The van der Waals surface area contributed by atoms with Crippen molar-refractivity contribution >= 4 is 23.0 Å². The van der Waals surface area contributed by atoms with Crippen LogP contribution in [0.2, 0.25) is 0 Å². The molecule has 0 bridgehead atoms. The number of carbonyl (C=O) groups is 2. The predicted octanol–water partition coefficient (Wildman–Crippen LogP) is 3.03. The van der Waals surface area contributed by atoms with Gasteiger partial charge in [0.1, 0.15) is 5.82 Å². The lowest BCUT2D eigenvalue weighted by molar-refractivity contribution is -0.138. The number of H-pyrrole nitrogens is 1. The Morgan fingerprint density at radius 1 is 1.00 bits per heavy atom. The van der Waals surface area contributed by atoms with E-state index in [2.05, 4.69) is 15.3 Å². The summed E-state index contributed by atoms with van der Waals surface area (Å²) in [6.45, 7) is 2.81. The quantitative estimate of drug-likeness (QED) is 0.792. The Hall–Kier alpha value is -2.64. The van der Waals surface area contributed by atoms with Crippen LogP contribution < -0.4 is 5.32 Å². The molecule has 1 atom stereocenters. The van der Waals surface area contributed by atoms with Crippen LogP contribution >= 0.6 is 0 Å². The van der Waals surface area contributed by atoms with Crippen molar-refractivity contribution in [3.05, 3.63) is 24.3 Å². The smallest absolute Gasteiger partial charge is 0.317 e. The van der Waals surface area contributed by atoms with Crippen LogP contribution in [0.15, 0.2) is 18.5 Å². The number of pyridine rings is 1. The van der Waals surface area contributed by atoms with Gasteiger partial charge in [0.15, 0.2) is 0 Å². The Morgan fingerprint density at radius 2 is 1.81 bits per heavy atom. The SMILES string of the molecule is O=C(NC1CCCC1)N1CCCC(C(=O)N2CCC(c3nc4ccncc4[nH]3)CC2)C1. The molecule has 3 fully saturated rings. The van der Waals surface area contributed by atoms with Gasteiger partial charge in [0.05, 0.1) is 23.1 Å². The summed E-state index contributed by atoms with van der Waals surface area (Å²) in [5.41, 5.74) is 1.91. The van der Waals surface area contributed by atoms with E-state index in [0.717, 1.165) is 75.0 Å². The number of rotatable bonds is 3. The molecule has 1 unspecified atom stereocenters. The maximum Gasteiger partial charge on any atom is 0.317 e. The molecule has 2 aliphatic heterocycles. The van der Waals surface area contributed by atoms with E-state index in [1.165, 1.54) is 12.8 Å². The van der Waals surface area contributed by atoms with Crippen LogP contribution in [0.25, 0.3) is 11.0 Å². The first-order valence-corrected chi connectivity index (χ1v) is 11.8. The minimum atomic E-state index is -0.0723. The Bertz CT molecular complexity index is 896. The summed E-state index contributed by atoms with van der Waals surface area (Å²) in [6.07, 6.45) is 11.7. The predicted molar refractivity (Wildman–Crippen MR) is 118 cm³/mol. The molecule has 4 heterocycles. The fourth-order valence-corrected chi connectivity index (χ4v) is 5.40. The van der Waals surface area contributed by atoms with Crippen molar-refractivity contribution in [3.63, 3.8) is 0 Å². The third kappa shape index (κ3) is 4.38. The third-order valence-corrected chi connectivity index (χ3v) is 7.24. The van der Waals surface area contributed by atoms with Gasteiger partial charge in [-0.1, -0.05) is 12.8 Å². The fraction of sp³-hybridized carbons (Fsp3) is 0.652. The maximum absolute atomic E-state index is 13.2. The van der Waals surface area contributed by atoms with E-state index in [4.69, 9.17) is 4.98 Å². The number of nitrogens with one attached hydrogen (secondary N) is 2. The van der Waals surface area contributed by atoms with Crippen molar-refractivity contribution in [1.82, 2.24) is 30.1 Å². The molecule has 3 aliphatic rings. The zero-order valence-corrected chi connectivity index (χ0v) is 18.1. The second kappa shape index (κ2) is 8.85. The molecule has 5 rings (SSSR count). The van der Waals surface area contributed by atoms with E-state index in [1.54, 1.807) is 6.20 Å². The molecule has 2 N–H and O–H groups in total. The molecular weight excluding hydrogens is 392 g/mol. The minimum Gasteiger partial charge on any atom is -0.342 e. The van der Waals surface area contributed by atoms with Crippen molar-refractivity contribution < 1.29 is 9.59 Å². The van der Waals surface area contributed by atoms with Gasteiger partial charge in [-0.15, -0.1) is 0 Å². The van der Waals surface area contributed by atoms with Crippen molar-refractivity contribution in [2.75, 3.05) is 26.2 Å². The highest BCUT2D eigenvalue weighted by molar-refractivity contribution is 5.81. The molecule has 31 heavy (non-hydrogen) atoms. The molecule has 0 aromatic carbocycles. The second-order valence-electron chi connectivity index (χ2n) is 9.33. The van der Waals surface area contributed by atoms with Gasteiger partial charge in [-0.2, -0.15) is 0 Å². The molecule has 0 radical (unpaired) electrons. The standard InChI is InChI=1S/C23H32N6O2/c30-22(17-4-3-11-29(15-17)23(31)25-18-5-1-2-6-18)28-12-8-16(9-13-28)21-26-19-7-10-24-14-20(19)27-21/h7,10,14,16-18H,1-6,8-9,11-13,15H2,(H,25,31)(H,26,27). The molecule has 3 amide bonds. The largest absolute Gasteiger partial charge is 0.342 e. The normalized spacial score (nSPS) is 23.4. The highest BCUT2D eigenvalue weighted by Gasteiger charge is 2.34. The van der Waals surface area contributed by atoms with Crippen molar-refractivity contribution in [1.29, 1.82) is 0 Å². The van der Waals surface area contributed by atoms with E-state index < -0.39 is 0 Å². The Kier molecular flexibility index (Phi) is 5.78. The van der Waals surface area contributed by atoms with Crippen molar-refractivity contribution in [3.8, 4) is 0 Å². The number of imidazole rings is 1. The van der Waals surface area contributed by atoms with Gasteiger partial charge in [0.2, 0.25) is 5.91 Å². The number of aromatic amines is 1. The zero-order valence-electron chi connectivity index (χ0n) is 18.1. The highest BCUT2D eigenvalue weighted by atomic mass is 16.2. The molecule has 0 spiro atoms. The average Bonchev–Trinajstić information content (AvgIpc) is 3.48. The zero-order chi connectivity index (χ0) is 21.2. The first-order valence-electron chi connectivity index (χ1n) is 11.8. The summed E-state index contributed by atoms with van der Waals surface area (Å²) in [5, 5.41) is 3.17. The topological polar surface area (TPSA) is 94.2 Å². The average molecular weight is 425 g/mol.